The van der Waals surface area contributed by atoms with Crippen molar-refractivity contribution in [1.29, 1.82) is 0 Å². The van der Waals surface area contributed by atoms with E-state index in [1.165, 1.54) is 103 Å². The first-order chi connectivity index (χ1) is 38.7. The number of carbonyl (C=O) groups excluding carboxylic acids is 4. The SMILES string of the molecule is CCCCCCCCCCC(=O)OC[C@H](COP(=O)(O)OC[C@H](O)COP(=O)(O)OC[C@@H](COC(=O)CCCCCCCCCCC(C)C)OC(=O)CCCCCCCCCCCCC(C)C)OC(=O)CCCCCCCCC(C)C. The van der Waals surface area contributed by atoms with Crippen LogP contribution < -0.4 is 0 Å². The Kier molecular flexibility index (Phi) is 52.2. The Morgan fingerprint density at radius 3 is 0.840 bits per heavy atom. The van der Waals surface area contributed by atoms with Crippen LogP contribution in [0.3, 0.4) is 0 Å². The average Bonchev–Trinajstić information content (AvgIpc) is 3.41. The molecule has 0 aromatic rings. The zero-order chi connectivity index (χ0) is 60.3. The Morgan fingerprint density at radius 1 is 0.333 bits per heavy atom. The van der Waals surface area contributed by atoms with Gasteiger partial charge in [0.15, 0.2) is 12.2 Å². The lowest BCUT2D eigenvalue weighted by Gasteiger charge is -2.21. The molecule has 81 heavy (non-hydrogen) atoms. The molecule has 0 fully saturated rings. The van der Waals surface area contributed by atoms with Gasteiger partial charge in [0.25, 0.3) is 0 Å². The maximum Gasteiger partial charge on any atom is 0.472 e. The van der Waals surface area contributed by atoms with Gasteiger partial charge in [-0.05, 0) is 43.4 Å². The zero-order valence-corrected chi connectivity index (χ0v) is 54.0. The summed E-state index contributed by atoms with van der Waals surface area (Å²) in [7, 11) is -9.88. The van der Waals surface area contributed by atoms with E-state index >= 15 is 0 Å². The van der Waals surface area contributed by atoms with Crippen molar-refractivity contribution in [2.24, 2.45) is 17.8 Å². The van der Waals surface area contributed by atoms with E-state index in [-0.39, 0.29) is 25.7 Å². The van der Waals surface area contributed by atoms with Gasteiger partial charge in [-0.1, -0.05) is 248 Å². The van der Waals surface area contributed by atoms with Crippen LogP contribution in [0.25, 0.3) is 0 Å². The molecule has 0 bridgehead atoms. The van der Waals surface area contributed by atoms with E-state index < -0.39 is 97.5 Å². The van der Waals surface area contributed by atoms with E-state index in [2.05, 4.69) is 48.5 Å². The number of carbonyl (C=O) groups is 4. The van der Waals surface area contributed by atoms with Crippen molar-refractivity contribution in [1.82, 2.24) is 0 Å². The summed E-state index contributed by atoms with van der Waals surface area (Å²) in [6.07, 6.45) is 33.7. The average molecular weight is 1200 g/mol. The highest BCUT2D eigenvalue weighted by Gasteiger charge is 2.30. The number of unbranched alkanes of at least 4 members (excludes halogenated alkanes) is 28. The van der Waals surface area contributed by atoms with Crippen molar-refractivity contribution in [2.75, 3.05) is 39.6 Å². The summed E-state index contributed by atoms with van der Waals surface area (Å²) < 4.78 is 67.8. The third kappa shape index (κ3) is 56.9. The predicted octanol–water partition coefficient (Wildman–Crippen LogP) is 16.7. The van der Waals surface area contributed by atoms with Crippen LogP contribution in [0.15, 0.2) is 0 Å². The van der Waals surface area contributed by atoms with E-state index in [9.17, 15) is 43.2 Å². The van der Waals surface area contributed by atoms with Gasteiger partial charge < -0.3 is 33.8 Å². The first kappa shape index (κ1) is 79.1. The molecule has 5 atom stereocenters. The minimum absolute atomic E-state index is 0.101. The molecule has 19 heteroatoms. The van der Waals surface area contributed by atoms with Crippen LogP contribution in [-0.2, 0) is 65.4 Å². The normalized spacial score (nSPS) is 14.4. The fourth-order valence-corrected chi connectivity index (χ4v) is 10.7. The molecular formula is C62H120O17P2. The maximum atomic E-state index is 13.0. The van der Waals surface area contributed by atoms with Crippen molar-refractivity contribution in [2.45, 2.75) is 317 Å². The largest absolute Gasteiger partial charge is 0.472 e. The molecule has 0 aliphatic carbocycles. The smallest absolute Gasteiger partial charge is 0.462 e. The summed E-state index contributed by atoms with van der Waals surface area (Å²) in [5.41, 5.74) is 0. The Bertz CT molecular complexity index is 1610. The van der Waals surface area contributed by atoms with Gasteiger partial charge in [-0.3, -0.25) is 37.3 Å². The summed E-state index contributed by atoms with van der Waals surface area (Å²) in [5, 5.41) is 10.5. The quantitative estimate of drug-likeness (QED) is 0.0222. The molecule has 2 unspecified atom stereocenters. The van der Waals surface area contributed by atoms with Crippen molar-refractivity contribution in [3.63, 3.8) is 0 Å². The van der Waals surface area contributed by atoms with Crippen molar-refractivity contribution in [3.05, 3.63) is 0 Å². The third-order valence-electron chi connectivity index (χ3n) is 14.1. The van der Waals surface area contributed by atoms with E-state index in [0.717, 1.165) is 108 Å². The van der Waals surface area contributed by atoms with Crippen LogP contribution in [0.5, 0.6) is 0 Å². The Labute approximate surface area is 492 Å². The molecule has 480 valence electrons. The van der Waals surface area contributed by atoms with E-state index in [1.54, 1.807) is 0 Å². The van der Waals surface area contributed by atoms with Crippen LogP contribution >= 0.6 is 15.6 Å². The highest BCUT2D eigenvalue weighted by molar-refractivity contribution is 7.47. The molecular weight excluding hydrogens is 1080 g/mol. The summed E-state index contributed by atoms with van der Waals surface area (Å²) >= 11 is 0. The Morgan fingerprint density at radius 2 is 0.568 bits per heavy atom. The summed E-state index contributed by atoms with van der Waals surface area (Å²) in [5.74, 6) is 0.00278. The lowest BCUT2D eigenvalue weighted by molar-refractivity contribution is -0.161. The second-order valence-corrected chi connectivity index (χ2v) is 26.8. The van der Waals surface area contributed by atoms with Gasteiger partial charge >= 0.3 is 39.5 Å². The van der Waals surface area contributed by atoms with Gasteiger partial charge in [0.2, 0.25) is 0 Å². The topological polar surface area (TPSA) is 237 Å². The first-order valence-electron chi connectivity index (χ1n) is 32.3. The summed E-state index contributed by atoms with van der Waals surface area (Å²) in [6, 6.07) is 0. The molecule has 3 N–H and O–H groups in total. The fraction of sp³-hybridized carbons (Fsp3) is 0.935. The molecule has 0 aromatic carbocycles. The highest BCUT2D eigenvalue weighted by Crippen LogP contribution is 2.45. The van der Waals surface area contributed by atoms with Crippen LogP contribution in [0, 0.1) is 17.8 Å². The Hall–Kier alpha value is -1.94. The number of hydrogen-bond acceptors (Lipinski definition) is 15. The Balaban J connectivity index is 5.23. The molecule has 0 rings (SSSR count). The summed E-state index contributed by atoms with van der Waals surface area (Å²) in [4.78, 5) is 72.0. The minimum Gasteiger partial charge on any atom is -0.462 e. The number of hydrogen-bond donors (Lipinski definition) is 3. The van der Waals surface area contributed by atoms with E-state index in [0.29, 0.717) is 31.6 Å². The molecule has 0 spiro atoms. The molecule has 0 heterocycles. The molecule has 0 radical (unpaired) electrons. The predicted molar refractivity (Wildman–Crippen MR) is 321 cm³/mol. The highest BCUT2D eigenvalue weighted by atomic mass is 31.2. The number of phosphoric ester groups is 2. The van der Waals surface area contributed by atoms with Gasteiger partial charge in [-0.15, -0.1) is 0 Å². The number of aliphatic hydroxyl groups is 1. The molecule has 17 nitrogen and oxygen atoms in total. The zero-order valence-electron chi connectivity index (χ0n) is 52.2. The third-order valence-corrected chi connectivity index (χ3v) is 16.0. The summed E-state index contributed by atoms with van der Waals surface area (Å²) in [6.45, 7) is 11.6. The van der Waals surface area contributed by atoms with Crippen LogP contribution in [0.1, 0.15) is 299 Å². The second-order valence-electron chi connectivity index (χ2n) is 23.9. The number of ether oxygens (including phenoxy) is 4. The van der Waals surface area contributed by atoms with Gasteiger partial charge in [0.1, 0.15) is 19.3 Å². The number of phosphoric acid groups is 2. The van der Waals surface area contributed by atoms with Gasteiger partial charge in [0.05, 0.1) is 26.4 Å². The fourth-order valence-electron chi connectivity index (χ4n) is 9.13. The van der Waals surface area contributed by atoms with Gasteiger partial charge in [-0.2, -0.15) is 0 Å². The van der Waals surface area contributed by atoms with Gasteiger partial charge in [-0.25, -0.2) is 9.13 Å². The number of esters is 4. The number of aliphatic hydroxyl groups excluding tert-OH is 1. The van der Waals surface area contributed by atoms with Crippen LogP contribution in [-0.4, -0.2) is 96.7 Å². The lowest BCUT2D eigenvalue weighted by atomic mass is 10.0. The maximum absolute atomic E-state index is 13.0. The molecule has 0 saturated heterocycles. The lowest BCUT2D eigenvalue weighted by Crippen LogP contribution is -2.30. The standard InChI is InChI=1S/C62H120O17P2/c1-8-9-10-11-12-21-29-36-43-59(64)72-50-58(79-62(67)46-39-32-25-24-28-35-42-55(6)7)52-77-81(70,71)75-48-56(63)47-74-80(68,69)76-51-57(49-73-60(65)44-37-30-22-18-17-20-27-34-41-54(4)5)78-61(66)45-38-31-23-16-14-13-15-19-26-33-40-53(2)3/h53-58,63H,8-52H2,1-7H3,(H,68,69)(H,70,71)/t56-,57-,58-/m1/s1. The number of rotatable bonds is 60. The van der Waals surface area contributed by atoms with Crippen molar-refractivity contribution in [3.8, 4) is 0 Å². The van der Waals surface area contributed by atoms with Gasteiger partial charge in [0, 0.05) is 25.7 Å². The first-order valence-corrected chi connectivity index (χ1v) is 35.3. The van der Waals surface area contributed by atoms with Crippen molar-refractivity contribution < 1.29 is 80.2 Å². The van der Waals surface area contributed by atoms with Crippen LogP contribution in [0.4, 0.5) is 0 Å². The monoisotopic (exact) mass is 1200 g/mol. The van der Waals surface area contributed by atoms with E-state index in [4.69, 9.17) is 37.0 Å². The molecule has 0 aromatic heterocycles. The molecule has 0 aliphatic heterocycles. The molecule has 0 aliphatic rings. The van der Waals surface area contributed by atoms with E-state index in [1.807, 2.05) is 0 Å². The molecule has 0 saturated carbocycles. The minimum atomic E-state index is -4.94. The second kappa shape index (κ2) is 53.5. The van der Waals surface area contributed by atoms with Crippen LogP contribution in [0.2, 0.25) is 0 Å². The van der Waals surface area contributed by atoms with Crippen molar-refractivity contribution >= 4 is 39.5 Å². The molecule has 0 amide bonds.